The Morgan fingerprint density at radius 3 is 2.26 bits per heavy atom. The zero-order valence-corrected chi connectivity index (χ0v) is 16.1. The van der Waals surface area contributed by atoms with E-state index in [0.29, 0.717) is 35.9 Å². The quantitative estimate of drug-likeness (QED) is 0.789. The van der Waals surface area contributed by atoms with Crippen LogP contribution < -0.4 is 5.32 Å². The van der Waals surface area contributed by atoms with Gasteiger partial charge >= 0.3 is 0 Å². The van der Waals surface area contributed by atoms with Crippen LogP contribution in [0.4, 0.5) is 5.82 Å². The summed E-state index contributed by atoms with van der Waals surface area (Å²) in [5, 5.41) is 3.20. The summed E-state index contributed by atoms with van der Waals surface area (Å²) in [5.41, 5.74) is 1.49. The van der Waals surface area contributed by atoms with Gasteiger partial charge in [-0.25, -0.2) is 9.97 Å². The molecule has 0 fully saturated rings. The minimum atomic E-state index is -0.254. The summed E-state index contributed by atoms with van der Waals surface area (Å²) in [4.78, 5) is 35.2. The van der Waals surface area contributed by atoms with Gasteiger partial charge in [-0.15, -0.1) is 0 Å². The average molecular weight is 368 g/mol. The first kappa shape index (κ1) is 19.0. The zero-order valence-electron chi connectivity index (χ0n) is 16.1. The van der Waals surface area contributed by atoms with Crippen molar-refractivity contribution in [1.82, 2.24) is 14.9 Å². The molecule has 7 nitrogen and oxygen atoms in total. The number of nitrogens with zero attached hydrogens (tertiary/aromatic N) is 3. The van der Waals surface area contributed by atoms with Crippen LogP contribution in [0, 0.1) is 0 Å². The Labute approximate surface area is 158 Å². The highest BCUT2D eigenvalue weighted by molar-refractivity contribution is 6.21. The number of anilines is 1. The number of aromatic nitrogens is 2. The molecule has 0 atom stereocenters. The lowest BCUT2D eigenvalue weighted by Gasteiger charge is -2.19. The number of amides is 2. The number of nitrogens with one attached hydrogen (secondary N) is 1. The van der Waals surface area contributed by atoms with E-state index in [9.17, 15) is 9.59 Å². The van der Waals surface area contributed by atoms with Gasteiger partial charge in [-0.1, -0.05) is 32.9 Å². The standard InChI is InChI=1S/C20H24N4O3/c1-20(2,3)19-22-13(12-27-4)11-16(23-19)21-9-10-24-17(25)14-7-5-6-8-15(14)18(24)26/h5-8,11H,9-10,12H2,1-4H3,(H,21,22,23). The maximum absolute atomic E-state index is 12.4. The van der Waals surface area contributed by atoms with Crippen LogP contribution in [0.1, 0.15) is 53.0 Å². The molecule has 0 saturated heterocycles. The van der Waals surface area contributed by atoms with Crippen molar-refractivity contribution in [1.29, 1.82) is 0 Å². The molecule has 27 heavy (non-hydrogen) atoms. The first-order valence-corrected chi connectivity index (χ1v) is 8.87. The Bertz CT molecular complexity index is 839. The minimum Gasteiger partial charge on any atom is -0.378 e. The van der Waals surface area contributed by atoms with Crippen LogP contribution in [0.3, 0.4) is 0 Å². The van der Waals surface area contributed by atoms with Gasteiger partial charge in [-0.2, -0.15) is 0 Å². The van der Waals surface area contributed by atoms with E-state index in [2.05, 4.69) is 15.3 Å². The van der Waals surface area contributed by atoms with Gasteiger partial charge in [-0.05, 0) is 12.1 Å². The predicted molar refractivity (Wildman–Crippen MR) is 102 cm³/mol. The van der Waals surface area contributed by atoms with E-state index in [1.807, 2.05) is 26.8 Å². The number of rotatable bonds is 6. The molecule has 1 aliphatic rings. The lowest BCUT2D eigenvalue weighted by Crippen LogP contribution is -2.34. The van der Waals surface area contributed by atoms with Crippen LogP contribution in [0.2, 0.25) is 0 Å². The molecule has 1 aromatic carbocycles. The molecule has 0 unspecified atom stereocenters. The number of benzene rings is 1. The van der Waals surface area contributed by atoms with Crippen LogP contribution in [0.15, 0.2) is 30.3 Å². The second-order valence-corrected chi connectivity index (χ2v) is 7.49. The van der Waals surface area contributed by atoms with E-state index in [1.165, 1.54) is 4.90 Å². The third kappa shape index (κ3) is 3.98. The van der Waals surface area contributed by atoms with E-state index >= 15 is 0 Å². The maximum atomic E-state index is 12.4. The highest BCUT2D eigenvalue weighted by Crippen LogP contribution is 2.23. The van der Waals surface area contributed by atoms with Crippen molar-refractivity contribution in [2.24, 2.45) is 0 Å². The number of hydrogen-bond acceptors (Lipinski definition) is 6. The number of methoxy groups -OCH3 is 1. The molecule has 1 aromatic heterocycles. The molecule has 3 rings (SSSR count). The Balaban J connectivity index is 1.70. The fourth-order valence-electron chi connectivity index (χ4n) is 2.88. The van der Waals surface area contributed by atoms with Crippen molar-refractivity contribution in [2.75, 3.05) is 25.5 Å². The zero-order chi connectivity index (χ0) is 19.6. The van der Waals surface area contributed by atoms with Gasteiger partial charge in [0.15, 0.2) is 0 Å². The molecular formula is C20H24N4O3. The fraction of sp³-hybridized carbons (Fsp3) is 0.400. The molecule has 0 radical (unpaired) electrons. The summed E-state index contributed by atoms with van der Waals surface area (Å²) >= 11 is 0. The van der Waals surface area contributed by atoms with E-state index < -0.39 is 0 Å². The summed E-state index contributed by atoms with van der Waals surface area (Å²) in [6, 6.07) is 8.71. The second kappa shape index (κ2) is 7.44. The molecule has 7 heteroatoms. The fourth-order valence-corrected chi connectivity index (χ4v) is 2.88. The smallest absolute Gasteiger partial charge is 0.261 e. The molecule has 142 valence electrons. The Morgan fingerprint density at radius 1 is 1.07 bits per heavy atom. The van der Waals surface area contributed by atoms with E-state index in [1.54, 1.807) is 31.4 Å². The van der Waals surface area contributed by atoms with Gasteiger partial charge in [0.1, 0.15) is 11.6 Å². The number of imide groups is 1. The highest BCUT2D eigenvalue weighted by atomic mass is 16.5. The molecule has 0 bridgehead atoms. The predicted octanol–water partition coefficient (Wildman–Crippen LogP) is 2.63. The number of hydrogen-bond donors (Lipinski definition) is 1. The monoisotopic (exact) mass is 368 g/mol. The maximum Gasteiger partial charge on any atom is 0.261 e. The van der Waals surface area contributed by atoms with E-state index in [4.69, 9.17) is 4.74 Å². The molecule has 1 N–H and O–H groups in total. The number of ether oxygens (including phenoxy) is 1. The van der Waals surface area contributed by atoms with Gasteiger partial charge in [0, 0.05) is 31.7 Å². The third-order valence-corrected chi connectivity index (χ3v) is 4.26. The first-order valence-electron chi connectivity index (χ1n) is 8.87. The SMILES string of the molecule is COCc1cc(NCCN2C(=O)c3ccccc3C2=O)nc(C(C)(C)C)n1. The number of carbonyl (C=O) groups excluding carboxylic acids is 2. The van der Waals surface area contributed by atoms with Crippen LogP contribution in [0.25, 0.3) is 0 Å². The van der Waals surface area contributed by atoms with Crippen molar-refractivity contribution in [3.05, 3.63) is 53.0 Å². The molecule has 1 aliphatic heterocycles. The Morgan fingerprint density at radius 2 is 1.70 bits per heavy atom. The van der Waals surface area contributed by atoms with E-state index in [-0.39, 0.29) is 23.8 Å². The summed E-state index contributed by atoms with van der Waals surface area (Å²) < 4.78 is 5.18. The normalized spacial score (nSPS) is 13.9. The van der Waals surface area contributed by atoms with Crippen molar-refractivity contribution in [2.45, 2.75) is 32.8 Å². The van der Waals surface area contributed by atoms with Crippen LogP contribution in [-0.4, -0.2) is 46.9 Å². The van der Waals surface area contributed by atoms with Gasteiger partial charge in [0.05, 0.1) is 23.4 Å². The average Bonchev–Trinajstić information content (AvgIpc) is 2.86. The molecule has 0 aliphatic carbocycles. The number of fused-ring (bicyclic) bond motifs is 1. The lowest BCUT2D eigenvalue weighted by atomic mass is 9.95. The molecule has 2 heterocycles. The molecular weight excluding hydrogens is 344 g/mol. The highest BCUT2D eigenvalue weighted by Gasteiger charge is 2.34. The summed E-state index contributed by atoms with van der Waals surface area (Å²) in [5.74, 6) is 0.852. The molecule has 2 aromatic rings. The second-order valence-electron chi connectivity index (χ2n) is 7.49. The van der Waals surface area contributed by atoms with Gasteiger partial charge < -0.3 is 10.1 Å². The summed E-state index contributed by atoms with van der Waals surface area (Å²) in [6.07, 6.45) is 0. The minimum absolute atomic E-state index is 0.206. The molecule has 2 amide bonds. The summed E-state index contributed by atoms with van der Waals surface area (Å²) in [7, 11) is 1.62. The van der Waals surface area contributed by atoms with Crippen LogP contribution in [-0.2, 0) is 16.8 Å². The van der Waals surface area contributed by atoms with Crippen molar-refractivity contribution >= 4 is 17.6 Å². The van der Waals surface area contributed by atoms with Crippen molar-refractivity contribution < 1.29 is 14.3 Å². The lowest BCUT2D eigenvalue weighted by molar-refractivity contribution is 0.0660. The van der Waals surface area contributed by atoms with Gasteiger partial charge in [0.25, 0.3) is 11.8 Å². The van der Waals surface area contributed by atoms with Crippen LogP contribution in [0.5, 0.6) is 0 Å². The Hall–Kier alpha value is -2.80. The van der Waals surface area contributed by atoms with Crippen LogP contribution >= 0.6 is 0 Å². The largest absolute Gasteiger partial charge is 0.378 e. The topological polar surface area (TPSA) is 84.4 Å². The van der Waals surface area contributed by atoms with E-state index in [0.717, 1.165) is 5.69 Å². The van der Waals surface area contributed by atoms with Gasteiger partial charge in [0.2, 0.25) is 0 Å². The van der Waals surface area contributed by atoms with Crippen molar-refractivity contribution in [3.63, 3.8) is 0 Å². The first-order chi connectivity index (χ1) is 12.8. The van der Waals surface area contributed by atoms with Crippen molar-refractivity contribution in [3.8, 4) is 0 Å². The number of carbonyl (C=O) groups is 2. The van der Waals surface area contributed by atoms with Gasteiger partial charge in [-0.3, -0.25) is 14.5 Å². The summed E-state index contributed by atoms with van der Waals surface area (Å²) in [6.45, 7) is 7.18. The molecule has 0 saturated carbocycles. The third-order valence-electron chi connectivity index (χ3n) is 4.26. The Kier molecular flexibility index (Phi) is 5.23. The molecule has 0 spiro atoms.